The van der Waals surface area contributed by atoms with E-state index in [0.717, 1.165) is 37.6 Å². The Balaban J connectivity index is 1.16. The van der Waals surface area contributed by atoms with Crippen LogP contribution in [0.25, 0.3) is 20.7 Å². The molecule has 3 fully saturated rings. The van der Waals surface area contributed by atoms with Crippen molar-refractivity contribution in [2.45, 2.75) is 32.6 Å². The van der Waals surface area contributed by atoms with Gasteiger partial charge in [0.2, 0.25) is 23.6 Å². The van der Waals surface area contributed by atoms with Gasteiger partial charge in [0.1, 0.15) is 22.8 Å². The molecule has 5 aromatic rings. The summed E-state index contributed by atoms with van der Waals surface area (Å²) in [5.41, 5.74) is 0.852. The number of halogens is 2. The average molecular weight is 842 g/mol. The molecule has 13 nitrogen and oxygen atoms in total. The van der Waals surface area contributed by atoms with Gasteiger partial charge in [0.25, 0.3) is 0 Å². The number of phenols is 2. The van der Waals surface area contributed by atoms with Gasteiger partial charge in [-0.3, -0.25) is 23.9 Å². The monoisotopic (exact) mass is 840 g/mol. The fourth-order valence-electron chi connectivity index (χ4n) is 9.84. The summed E-state index contributed by atoms with van der Waals surface area (Å²) < 4.78 is 7.98. The van der Waals surface area contributed by atoms with Crippen LogP contribution in [0.2, 0.25) is 10.0 Å². The summed E-state index contributed by atoms with van der Waals surface area (Å²) in [4.78, 5) is 73.3. The van der Waals surface area contributed by atoms with Crippen molar-refractivity contribution < 1.29 is 44.0 Å². The van der Waals surface area contributed by atoms with Crippen molar-refractivity contribution >= 4 is 85.7 Å². The number of phenolic OH excluding ortho intramolecular Hbond substituents is 1. The highest BCUT2D eigenvalue weighted by molar-refractivity contribution is 7.22. The molecule has 4 heterocycles. The average Bonchev–Trinajstić information content (AvgIpc) is 3.85. The molecule has 296 valence electrons. The topological polar surface area (TPSA) is 180 Å². The van der Waals surface area contributed by atoms with Gasteiger partial charge in [-0.15, -0.1) is 11.3 Å². The Bertz CT molecular complexity index is 2740. The Kier molecular flexibility index (Phi) is 8.59. The largest absolute Gasteiger partial charge is 0.507 e. The molecule has 2 saturated heterocycles. The SMILES string of the molecule is COc1cc(C2C3=CCC4C(=O)N(c5ccc(C(=O)O)c(O)c5)C(=O)C4C3CC3C(=O)N(c4cc(-c5sc6ccc(Cl)cc6c5C)nn4C)C(=O)C32C)cc(Cl)c1O. The molecule has 6 atom stereocenters. The predicted octanol–water partition coefficient (Wildman–Crippen LogP) is 7.47. The van der Waals surface area contributed by atoms with E-state index in [2.05, 4.69) is 0 Å². The lowest BCUT2D eigenvalue weighted by Crippen LogP contribution is -2.49. The molecule has 0 spiro atoms. The molecule has 16 heteroatoms. The Morgan fingerprint density at radius 3 is 2.43 bits per heavy atom. The molecule has 2 aromatic heterocycles. The Morgan fingerprint density at radius 1 is 0.966 bits per heavy atom. The van der Waals surface area contributed by atoms with E-state index in [-0.39, 0.29) is 46.4 Å². The summed E-state index contributed by atoms with van der Waals surface area (Å²) >= 11 is 14.4. The Labute approximate surface area is 344 Å². The molecule has 6 unspecified atom stereocenters. The van der Waals surface area contributed by atoms with Gasteiger partial charge in [0.15, 0.2) is 11.5 Å². The Hall–Kier alpha value is -5.70. The minimum absolute atomic E-state index is 0.0166. The van der Waals surface area contributed by atoms with Crippen molar-refractivity contribution in [3.05, 3.63) is 93.0 Å². The maximum absolute atomic E-state index is 15.2. The second kappa shape index (κ2) is 13.2. The predicted molar refractivity (Wildman–Crippen MR) is 216 cm³/mol. The van der Waals surface area contributed by atoms with Crippen LogP contribution in [0.4, 0.5) is 11.5 Å². The molecule has 9 rings (SSSR count). The number of hydrogen-bond acceptors (Lipinski definition) is 10. The molecule has 1 saturated carbocycles. The second-order valence-electron chi connectivity index (χ2n) is 15.4. The molecule has 2 aliphatic carbocycles. The van der Waals surface area contributed by atoms with Crippen LogP contribution in [0.3, 0.4) is 0 Å². The van der Waals surface area contributed by atoms with Crippen LogP contribution in [0.15, 0.2) is 66.2 Å². The number of methoxy groups -OCH3 is 1. The number of anilines is 2. The quantitative estimate of drug-likeness (QED) is 0.115. The van der Waals surface area contributed by atoms with Crippen LogP contribution >= 0.6 is 34.5 Å². The number of rotatable bonds is 6. The lowest BCUT2D eigenvalue weighted by atomic mass is 9.51. The molecule has 3 aromatic carbocycles. The van der Waals surface area contributed by atoms with Crippen LogP contribution in [0.5, 0.6) is 17.2 Å². The highest BCUT2D eigenvalue weighted by Crippen LogP contribution is 2.64. The number of allylic oxidation sites excluding steroid dienone is 2. The van der Waals surface area contributed by atoms with E-state index >= 15 is 4.79 Å². The van der Waals surface area contributed by atoms with Crippen molar-refractivity contribution in [3.63, 3.8) is 0 Å². The summed E-state index contributed by atoms with van der Waals surface area (Å²) in [6.45, 7) is 3.70. The van der Waals surface area contributed by atoms with E-state index < -0.39 is 70.4 Å². The van der Waals surface area contributed by atoms with Crippen LogP contribution in [-0.4, -0.2) is 61.8 Å². The maximum atomic E-state index is 15.2. The number of carboxylic acid groups (broad SMARTS) is 1. The van der Waals surface area contributed by atoms with E-state index in [1.54, 1.807) is 26.1 Å². The first-order valence-electron chi connectivity index (χ1n) is 18.4. The third-order valence-electron chi connectivity index (χ3n) is 12.6. The first-order valence-corrected chi connectivity index (χ1v) is 20.0. The van der Waals surface area contributed by atoms with Crippen LogP contribution in [0.1, 0.15) is 47.2 Å². The second-order valence-corrected chi connectivity index (χ2v) is 17.3. The summed E-state index contributed by atoms with van der Waals surface area (Å²) in [5.74, 6) is -8.36. The first kappa shape index (κ1) is 37.9. The van der Waals surface area contributed by atoms with Crippen LogP contribution in [0, 0.1) is 36.0 Å². The number of imide groups is 2. The van der Waals surface area contributed by atoms with Gasteiger partial charge in [-0.1, -0.05) is 34.9 Å². The van der Waals surface area contributed by atoms with Crippen molar-refractivity contribution in [1.29, 1.82) is 0 Å². The van der Waals surface area contributed by atoms with Crippen molar-refractivity contribution in [3.8, 4) is 27.8 Å². The van der Waals surface area contributed by atoms with Gasteiger partial charge in [-0.25, -0.2) is 14.6 Å². The van der Waals surface area contributed by atoms with Gasteiger partial charge in [-0.2, -0.15) is 5.10 Å². The lowest BCUT2D eigenvalue weighted by Gasteiger charge is -2.49. The van der Waals surface area contributed by atoms with Gasteiger partial charge in [0.05, 0.1) is 45.9 Å². The van der Waals surface area contributed by atoms with Crippen molar-refractivity contribution in [2.75, 3.05) is 16.9 Å². The number of aromatic nitrogens is 2. The van der Waals surface area contributed by atoms with Gasteiger partial charge >= 0.3 is 5.97 Å². The zero-order chi connectivity index (χ0) is 41.3. The number of aromatic carboxylic acids is 1. The van der Waals surface area contributed by atoms with Crippen molar-refractivity contribution in [2.24, 2.45) is 36.1 Å². The molecule has 0 bridgehead atoms. The standard InChI is InChI=1S/C42H34Cl2N4O9S/c1-17-24-13-19(43)5-10-31(24)58-36(17)28-16-32(46(3)45-28)48-38(52)26-15-25-21(34(42(26,2)41(48)56)18-11-27(44)35(50)30(12-18)57-4)8-9-23-33(25)39(53)47(37(23)51)20-6-7-22(40(54)55)29(49)14-20/h5-8,10-14,16,23,25-26,33-34,49-50H,9,15H2,1-4H3,(H,54,55). The fourth-order valence-corrected chi connectivity index (χ4v) is 11.4. The summed E-state index contributed by atoms with van der Waals surface area (Å²) in [6.07, 6.45) is 2.05. The number of aromatic hydroxyl groups is 2. The summed E-state index contributed by atoms with van der Waals surface area (Å²) in [5, 5.41) is 36.9. The van der Waals surface area contributed by atoms with E-state index in [1.165, 1.54) is 40.2 Å². The highest BCUT2D eigenvalue weighted by Gasteiger charge is 2.68. The van der Waals surface area contributed by atoms with E-state index in [4.69, 9.17) is 33.0 Å². The van der Waals surface area contributed by atoms with Gasteiger partial charge in [-0.05, 0) is 91.6 Å². The Morgan fingerprint density at radius 2 is 1.72 bits per heavy atom. The van der Waals surface area contributed by atoms with Crippen LogP contribution in [-0.2, 0) is 26.2 Å². The third kappa shape index (κ3) is 5.20. The zero-order valence-corrected chi connectivity index (χ0v) is 33.6. The number of amides is 4. The number of carbonyl (C=O) groups is 5. The number of thiophene rings is 1. The van der Waals surface area contributed by atoms with Crippen LogP contribution < -0.4 is 14.5 Å². The third-order valence-corrected chi connectivity index (χ3v) is 14.4. The molecule has 0 radical (unpaired) electrons. The minimum Gasteiger partial charge on any atom is -0.507 e. The molecule has 4 amide bonds. The summed E-state index contributed by atoms with van der Waals surface area (Å²) in [6, 6.07) is 14.0. The molecular formula is C42H34Cl2N4O9S. The lowest BCUT2D eigenvalue weighted by molar-refractivity contribution is -0.131. The maximum Gasteiger partial charge on any atom is 0.339 e. The number of benzene rings is 3. The summed E-state index contributed by atoms with van der Waals surface area (Å²) in [7, 11) is 3.03. The van der Waals surface area contributed by atoms with Gasteiger partial charge < -0.3 is 20.1 Å². The van der Waals surface area contributed by atoms with Crippen molar-refractivity contribution in [1.82, 2.24) is 9.78 Å². The molecular weight excluding hydrogens is 807 g/mol. The molecule has 58 heavy (non-hydrogen) atoms. The number of carbonyl (C=O) groups excluding carboxylic acids is 4. The molecule has 3 N–H and O–H groups in total. The number of fused-ring (bicyclic) bond motifs is 5. The molecule has 4 aliphatic rings. The first-order chi connectivity index (χ1) is 27.6. The van der Waals surface area contributed by atoms with E-state index in [9.17, 15) is 34.5 Å². The highest BCUT2D eigenvalue weighted by atomic mass is 35.5. The van der Waals surface area contributed by atoms with Gasteiger partial charge in [0, 0.05) is 34.8 Å². The smallest absolute Gasteiger partial charge is 0.339 e. The minimum atomic E-state index is -1.43. The zero-order valence-electron chi connectivity index (χ0n) is 31.3. The number of hydrogen-bond donors (Lipinski definition) is 3. The van der Waals surface area contributed by atoms with E-state index in [0.29, 0.717) is 21.9 Å². The van der Waals surface area contributed by atoms with E-state index in [1.807, 2.05) is 31.2 Å². The molecule has 2 aliphatic heterocycles. The number of carboxylic acids is 1. The fraction of sp³-hybridized carbons (Fsp3) is 0.286. The number of nitrogens with zero attached hydrogens (tertiary/aromatic N) is 4. The number of aryl methyl sites for hydroxylation is 2. The normalized spacial score (nSPS) is 25.3. The number of ether oxygens (including phenoxy) is 1.